The summed E-state index contributed by atoms with van der Waals surface area (Å²) in [6, 6.07) is 8.18. The number of carbonyl (C=O) groups excluding carboxylic acids is 1. The maximum Gasteiger partial charge on any atom is 0.255 e. The fourth-order valence-corrected chi connectivity index (χ4v) is 2.86. The lowest BCUT2D eigenvalue weighted by Gasteiger charge is -2.33. The second-order valence-electron chi connectivity index (χ2n) is 6.01. The molecular weight excluding hydrogens is 248 g/mol. The van der Waals surface area contributed by atoms with Crippen LogP contribution < -0.4 is 5.32 Å². The van der Waals surface area contributed by atoms with Crippen LogP contribution in [0.5, 0.6) is 0 Å². The number of para-hydroxylation sites is 1. The number of likely N-dealkylation sites (tertiary alicyclic amines) is 1. The summed E-state index contributed by atoms with van der Waals surface area (Å²) in [5.74, 6) is 0.838. The van der Waals surface area contributed by atoms with Gasteiger partial charge in [-0.1, -0.05) is 25.5 Å². The second kappa shape index (κ2) is 6.78. The Morgan fingerprint density at radius 2 is 2.15 bits per heavy atom. The van der Waals surface area contributed by atoms with E-state index < -0.39 is 0 Å². The molecule has 0 saturated carbocycles. The number of nitrogens with one attached hydrogen (secondary N) is 1. The summed E-state index contributed by atoms with van der Waals surface area (Å²) in [7, 11) is 0. The van der Waals surface area contributed by atoms with E-state index in [1.807, 2.05) is 29.2 Å². The van der Waals surface area contributed by atoms with Crippen molar-refractivity contribution >= 4 is 11.6 Å². The van der Waals surface area contributed by atoms with Gasteiger partial charge in [-0.05, 0) is 44.7 Å². The molecule has 2 rings (SSSR count). The number of carbonyl (C=O) groups is 1. The molecule has 1 saturated heterocycles. The number of hydrogen-bond donors (Lipinski definition) is 1. The normalized spacial score (nSPS) is 19.2. The smallest absolute Gasteiger partial charge is 0.255 e. The molecule has 0 spiro atoms. The van der Waals surface area contributed by atoms with Gasteiger partial charge in [0.1, 0.15) is 0 Å². The first-order valence-electron chi connectivity index (χ1n) is 7.76. The van der Waals surface area contributed by atoms with Crippen LogP contribution in [-0.2, 0) is 0 Å². The predicted octanol–water partition coefficient (Wildman–Crippen LogP) is 3.77. The molecule has 1 heterocycles. The first kappa shape index (κ1) is 14.9. The number of anilines is 1. The van der Waals surface area contributed by atoms with Crippen LogP contribution in [0.4, 0.5) is 5.69 Å². The highest BCUT2D eigenvalue weighted by molar-refractivity contribution is 5.99. The average molecular weight is 274 g/mol. The minimum absolute atomic E-state index is 0.173. The molecule has 1 atom stereocenters. The van der Waals surface area contributed by atoms with Crippen LogP contribution in [0, 0.1) is 5.92 Å². The zero-order valence-corrected chi connectivity index (χ0v) is 12.9. The van der Waals surface area contributed by atoms with Gasteiger partial charge >= 0.3 is 0 Å². The van der Waals surface area contributed by atoms with Crippen molar-refractivity contribution in [2.45, 2.75) is 46.1 Å². The van der Waals surface area contributed by atoms with Crippen molar-refractivity contribution in [3.8, 4) is 0 Å². The molecular formula is C17H26N2O. The maximum atomic E-state index is 12.7. The Morgan fingerprint density at radius 1 is 1.40 bits per heavy atom. The molecule has 110 valence electrons. The van der Waals surface area contributed by atoms with E-state index in [0.29, 0.717) is 12.0 Å². The van der Waals surface area contributed by atoms with Crippen LogP contribution in [0.15, 0.2) is 24.3 Å². The third-order valence-corrected chi connectivity index (χ3v) is 3.99. The molecule has 20 heavy (non-hydrogen) atoms. The van der Waals surface area contributed by atoms with Crippen molar-refractivity contribution < 1.29 is 4.79 Å². The molecule has 1 aromatic rings. The molecule has 3 heteroatoms. The van der Waals surface area contributed by atoms with Gasteiger partial charge in [0.15, 0.2) is 0 Å². The monoisotopic (exact) mass is 274 g/mol. The maximum absolute atomic E-state index is 12.7. The third-order valence-electron chi connectivity index (χ3n) is 3.99. The van der Waals surface area contributed by atoms with Gasteiger partial charge in [-0.25, -0.2) is 0 Å². The highest BCUT2D eigenvalue weighted by Gasteiger charge is 2.24. The number of benzene rings is 1. The predicted molar refractivity (Wildman–Crippen MR) is 84.1 cm³/mol. The Bertz CT molecular complexity index is 456. The van der Waals surface area contributed by atoms with Crippen molar-refractivity contribution in [3.05, 3.63) is 29.8 Å². The van der Waals surface area contributed by atoms with Crippen LogP contribution >= 0.6 is 0 Å². The van der Waals surface area contributed by atoms with E-state index in [1.54, 1.807) is 0 Å². The molecule has 0 aromatic heterocycles. The standard InChI is InChI=1S/C17H26N2O/c1-4-14-8-7-11-19(12-14)17(20)15-9-5-6-10-16(15)18-13(2)3/h5-6,9-10,13-14,18H,4,7-8,11-12H2,1-3H3. The van der Waals surface area contributed by atoms with Crippen LogP contribution in [0.2, 0.25) is 0 Å². The van der Waals surface area contributed by atoms with Gasteiger partial charge < -0.3 is 10.2 Å². The number of rotatable bonds is 4. The highest BCUT2D eigenvalue weighted by atomic mass is 16.2. The molecule has 0 bridgehead atoms. The molecule has 1 fully saturated rings. The van der Waals surface area contributed by atoms with Gasteiger partial charge in [-0.3, -0.25) is 4.79 Å². The summed E-state index contributed by atoms with van der Waals surface area (Å²) in [5, 5.41) is 3.37. The van der Waals surface area contributed by atoms with E-state index in [0.717, 1.165) is 37.2 Å². The van der Waals surface area contributed by atoms with E-state index >= 15 is 0 Å². The van der Waals surface area contributed by atoms with E-state index in [4.69, 9.17) is 0 Å². The van der Waals surface area contributed by atoms with Crippen LogP contribution in [0.3, 0.4) is 0 Å². The Labute approximate surface area is 122 Å². The lowest BCUT2D eigenvalue weighted by Crippen LogP contribution is -2.40. The SMILES string of the molecule is CCC1CCCN(C(=O)c2ccccc2NC(C)C)C1. The van der Waals surface area contributed by atoms with E-state index in [-0.39, 0.29) is 5.91 Å². The average Bonchev–Trinajstić information content (AvgIpc) is 2.46. The van der Waals surface area contributed by atoms with Gasteiger partial charge in [-0.15, -0.1) is 0 Å². The second-order valence-corrected chi connectivity index (χ2v) is 6.01. The zero-order valence-electron chi connectivity index (χ0n) is 12.9. The topological polar surface area (TPSA) is 32.3 Å². The van der Waals surface area contributed by atoms with Crippen LogP contribution in [-0.4, -0.2) is 29.9 Å². The fourth-order valence-electron chi connectivity index (χ4n) is 2.86. The number of nitrogens with zero attached hydrogens (tertiary/aromatic N) is 1. The largest absolute Gasteiger partial charge is 0.382 e. The first-order chi connectivity index (χ1) is 9.61. The third kappa shape index (κ3) is 3.53. The molecule has 1 aromatic carbocycles. The summed E-state index contributed by atoms with van der Waals surface area (Å²) in [5.41, 5.74) is 1.75. The van der Waals surface area contributed by atoms with Gasteiger partial charge in [0.2, 0.25) is 0 Å². The number of hydrogen-bond acceptors (Lipinski definition) is 2. The number of amides is 1. The van der Waals surface area contributed by atoms with E-state index in [9.17, 15) is 4.79 Å². The Kier molecular flexibility index (Phi) is 5.05. The highest BCUT2D eigenvalue weighted by Crippen LogP contribution is 2.24. The van der Waals surface area contributed by atoms with Crippen LogP contribution in [0.1, 0.15) is 50.4 Å². The van der Waals surface area contributed by atoms with Gasteiger partial charge in [-0.2, -0.15) is 0 Å². The Hall–Kier alpha value is -1.51. The molecule has 0 radical (unpaired) electrons. The first-order valence-corrected chi connectivity index (χ1v) is 7.76. The van der Waals surface area contributed by atoms with Crippen molar-refractivity contribution in [2.75, 3.05) is 18.4 Å². The summed E-state index contributed by atoms with van der Waals surface area (Å²) in [6.45, 7) is 8.20. The molecule has 1 unspecified atom stereocenters. The van der Waals surface area contributed by atoms with Crippen molar-refractivity contribution in [3.63, 3.8) is 0 Å². The zero-order chi connectivity index (χ0) is 14.5. The Balaban J connectivity index is 2.16. The lowest BCUT2D eigenvalue weighted by atomic mass is 9.95. The summed E-state index contributed by atoms with van der Waals surface area (Å²) >= 11 is 0. The molecule has 1 amide bonds. The van der Waals surface area contributed by atoms with Crippen molar-refractivity contribution in [1.82, 2.24) is 4.90 Å². The van der Waals surface area contributed by atoms with E-state index in [2.05, 4.69) is 26.1 Å². The fraction of sp³-hybridized carbons (Fsp3) is 0.588. The molecule has 1 aliphatic rings. The summed E-state index contributed by atoms with van der Waals surface area (Å²) in [6.07, 6.45) is 3.55. The van der Waals surface area contributed by atoms with Crippen molar-refractivity contribution in [1.29, 1.82) is 0 Å². The Morgan fingerprint density at radius 3 is 2.85 bits per heavy atom. The molecule has 0 aliphatic carbocycles. The van der Waals surface area contributed by atoms with Gasteiger partial charge in [0.25, 0.3) is 5.91 Å². The molecule has 1 aliphatic heterocycles. The quantitative estimate of drug-likeness (QED) is 0.906. The molecule has 1 N–H and O–H groups in total. The lowest BCUT2D eigenvalue weighted by molar-refractivity contribution is 0.0672. The molecule has 3 nitrogen and oxygen atoms in total. The summed E-state index contributed by atoms with van der Waals surface area (Å²) in [4.78, 5) is 14.8. The van der Waals surface area contributed by atoms with Crippen molar-refractivity contribution in [2.24, 2.45) is 5.92 Å². The number of piperidine rings is 1. The minimum atomic E-state index is 0.173. The van der Waals surface area contributed by atoms with Crippen LogP contribution in [0.25, 0.3) is 0 Å². The minimum Gasteiger partial charge on any atom is -0.382 e. The van der Waals surface area contributed by atoms with Gasteiger partial charge in [0.05, 0.1) is 5.56 Å². The van der Waals surface area contributed by atoms with E-state index in [1.165, 1.54) is 6.42 Å². The summed E-state index contributed by atoms with van der Waals surface area (Å²) < 4.78 is 0. The van der Waals surface area contributed by atoms with Gasteiger partial charge in [0, 0.05) is 24.8 Å².